The van der Waals surface area contributed by atoms with Gasteiger partial charge in [-0.05, 0) is 43.3 Å². The van der Waals surface area contributed by atoms with Gasteiger partial charge in [-0.25, -0.2) is 0 Å². The number of aromatic hydroxyl groups is 1. The highest BCUT2D eigenvalue weighted by Crippen LogP contribution is 2.29. The number of ether oxygens (including phenoxy) is 1. The van der Waals surface area contributed by atoms with Gasteiger partial charge < -0.3 is 19.8 Å². The van der Waals surface area contributed by atoms with Crippen molar-refractivity contribution in [3.05, 3.63) is 48.0 Å². The van der Waals surface area contributed by atoms with Gasteiger partial charge in [-0.15, -0.1) is 0 Å². The fourth-order valence-corrected chi connectivity index (χ4v) is 2.13. The van der Waals surface area contributed by atoms with Crippen LogP contribution in [0.1, 0.15) is 12.5 Å². The van der Waals surface area contributed by atoms with Crippen molar-refractivity contribution in [2.24, 2.45) is 4.99 Å². The summed E-state index contributed by atoms with van der Waals surface area (Å²) >= 11 is 0. The summed E-state index contributed by atoms with van der Waals surface area (Å²) in [6, 6.07) is 13.0. The molecule has 5 heteroatoms. The molecule has 0 aliphatic heterocycles. The van der Waals surface area contributed by atoms with E-state index in [1.54, 1.807) is 18.3 Å². The zero-order valence-corrected chi connectivity index (χ0v) is 13.4. The molecule has 0 spiro atoms. The van der Waals surface area contributed by atoms with Crippen LogP contribution in [0.4, 0.5) is 11.4 Å². The van der Waals surface area contributed by atoms with Crippen LogP contribution in [0.15, 0.2) is 47.5 Å². The minimum atomic E-state index is 0.0948. The van der Waals surface area contributed by atoms with E-state index in [1.165, 1.54) is 0 Å². The van der Waals surface area contributed by atoms with Gasteiger partial charge in [0.15, 0.2) is 11.5 Å². The Labute approximate surface area is 136 Å². The van der Waals surface area contributed by atoms with Gasteiger partial charge in [-0.3, -0.25) is 4.99 Å². The minimum absolute atomic E-state index is 0.0948. The van der Waals surface area contributed by atoms with Crippen molar-refractivity contribution >= 4 is 17.6 Å². The number of hydrogen-bond donors (Lipinski definition) is 2. The summed E-state index contributed by atoms with van der Waals surface area (Å²) in [4.78, 5) is 6.34. The SMILES string of the molecule is CCOc1cccc(C=Nc2ccc(N(C)CCO)cc2)c1O. The number of aliphatic imine (C=N–C) groups is 1. The van der Waals surface area contributed by atoms with Crippen LogP contribution in [0.5, 0.6) is 11.5 Å². The van der Waals surface area contributed by atoms with E-state index in [2.05, 4.69) is 4.99 Å². The molecule has 0 unspecified atom stereocenters. The van der Waals surface area contributed by atoms with E-state index in [4.69, 9.17) is 9.84 Å². The second-order valence-corrected chi connectivity index (χ2v) is 5.05. The Morgan fingerprint density at radius 1 is 1.17 bits per heavy atom. The first-order chi connectivity index (χ1) is 11.2. The van der Waals surface area contributed by atoms with Gasteiger partial charge in [-0.2, -0.15) is 0 Å². The first kappa shape index (κ1) is 16.8. The van der Waals surface area contributed by atoms with Crippen LogP contribution >= 0.6 is 0 Å². The zero-order valence-electron chi connectivity index (χ0n) is 13.4. The smallest absolute Gasteiger partial charge is 0.166 e. The van der Waals surface area contributed by atoms with Crippen molar-refractivity contribution in [3.63, 3.8) is 0 Å². The summed E-state index contributed by atoms with van der Waals surface area (Å²) in [5.74, 6) is 0.551. The number of rotatable bonds is 7. The van der Waals surface area contributed by atoms with Gasteiger partial charge in [0.25, 0.3) is 0 Å². The summed E-state index contributed by atoms with van der Waals surface area (Å²) < 4.78 is 5.36. The molecule has 0 radical (unpaired) electrons. The lowest BCUT2D eigenvalue weighted by Crippen LogP contribution is -2.20. The molecule has 0 saturated carbocycles. The van der Waals surface area contributed by atoms with Crippen LogP contribution in [0.3, 0.4) is 0 Å². The lowest BCUT2D eigenvalue weighted by Gasteiger charge is -2.17. The molecule has 0 bridgehead atoms. The number of para-hydroxylation sites is 1. The molecule has 0 amide bonds. The lowest BCUT2D eigenvalue weighted by atomic mass is 10.2. The average Bonchev–Trinajstić information content (AvgIpc) is 2.56. The van der Waals surface area contributed by atoms with Crippen molar-refractivity contribution in [1.29, 1.82) is 0 Å². The summed E-state index contributed by atoms with van der Waals surface area (Å²) in [7, 11) is 1.92. The molecule has 0 saturated heterocycles. The Morgan fingerprint density at radius 2 is 1.91 bits per heavy atom. The van der Waals surface area contributed by atoms with E-state index in [1.807, 2.05) is 49.2 Å². The van der Waals surface area contributed by atoms with Gasteiger partial charge in [0.1, 0.15) is 0 Å². The second-order valence-electron chi connectivity index (χ2n) is 5.05. The van der Waals surface area contributed by atoms with Crippen LogP contribution < -0.4 is 9.64 Å². The van der Waals surface area contributed by atoms with Gasteiger partial charge >= 0.3 is 0 Å². The predicted octanol–water partition coefficient (Wildman–Crippen LogP) is 2.97. The second kappa shape index (κ2) is 8.19. The Hall–Kier alpha value is -2.53. The van der Waals surface area contributed by atoms with E-state index < -0.39 is 0 Å². The molecule has 0 aliphatic carbocycles. The van der Waals surface area contributed by atoms with Gasteiger partial charge in [0.2, 0.25) is 0 Å². The number of hydrogen-bond acceptors (Lipinski definition) is 5. The van der Waals surface area contributed by atoms with Crippen molar-refractivity contribution in [2.45, 2.75) is 6.92 Å². The number of phenolic OH excluding ortho intramolecular Hbond substituents is 1. The number of likely N-dealkylation sites (N-methyl/N-ethyl adjacent to an activating group) is 1. The fourth-order valence-electron chi connectivity index (χ4n) is 2.13. The molecule has 23 heavy (non-hydrogen) atoms. The monoisotopic (exact) mass is 314 g/mol. The number of aliphatic hydroxyl groups is 1. The molecule has 0 aromatic heterocycles. The number of aliphatic hydroxyl groups excluding tert-OH is 1. The Bertz CT molecular complexity index is 654. The molecule has 0 heterocycles. The Morgan fingerprint density at radius 3 is 2.57 bits per heavy atom. The van der Waals surface area contributed by atoms with Crippen LogP contribution in [0, 0.1) is 0 Å². The highest BCUT2D eigenvalue weighted by Gasteiger charge is 2.05. The number of benzene rings is 2. The topological polar surface area (TPSA) is 65.3 Å². The molecule has 5 nitrogen and oxygen atoms in total. The third kappa shape index (κ3) is 4.47. The van der Waals surface area contributed by atoms with Crippen LogP contribution in [-0.2, 0) is 0 Å². The average molecular weight is 314 g/mol. The minimum Gasteiger partial charge on any atom is -0.504 e. The fraction of sp³-hybridized carbons (Fsp3) is 0.278. The van der Waals surface area contributed by atoms with Crippen molar-refractivity contribution in [2.75, 3.05) is 31.7 Å². The molecule has 0 fully saturated rings. The predicted molar refractivity (Wildman–Crippen MR) is 93.3 cm³/mol. The maximum atomic E-state index is 10.1. The van der Waals surface area contributed by atoms with Crippen molar-refractivity contribution in [1.82, 2.24) is 0 Å². The summed E-state index contributed by atoms with van der Waals surface area (Å²) in [6.45, 7) is 3.07. The molecule has 2 N–H and O–H groups in total. The number of anilines is 1. The zero-order chi connectivity index (χ0) is 16.7. The maximum absolute atomic E-state index is 10.1. The van der Waals surface area contributed by atoms with Gasteiger partial charge in [0.05, 0.1) is 18.9 Å². The highest BCUT2D eigenvalue weighted by atomic mass is 16.5. The molecule has 0 atom stereocenters. The molecule has 2 aromatic rings. The number of phenols is 1. The first-order valence-electron chi connectivity index (χ1n) is 7.56. The van der Waals surface area contributed by atoms with Crippen LogP contribution in [0.2, 0.25) is 0 Å². The normalized spacial score (nSPS) is 10.9. The van der Waals surface area contributed by atoms with E-state index in [0.29, 0.717) is 24.5 Å². The molecule has 2 aromatic carbocycles. The molecule has 0 aliphatic rings. The van der Waals surface area contributed by atoms with Gasteiger partial charge in [-0.1, -0.05) is 6.07 Å². The molecular formula is C18H22N2O3. The molecule has 122 valence electrons. The quantitative estimate of drug-likeness (QED) is 0.771. The van der Waals surface area contributed by atoms with Gasteiger partial charge in [0, 0.05) is 31.1 Å². The summed E-state index contributed by atoms with van der Waals surface area (Å²) in [5.41, 5.74) is 2.41. The Kier molecular flexibility index (Phi) is 6.00. The van der Waals surface area contributed by atoms with Crippen LogP contribution in [-0.4, -0.2) is 43.2 Å². The standard InChI is InChI=1S/C18H22N2O3/c1-3-23-17-6-4-5-14(18(17)22)13-19-15-7-9-16(10-8-15)20(2)11-12-21/h4-10,13,21-22H,3,11-12H2,1-2H3. The van der Waals surface area contributed by atoms with E-state index >= 15 is 0 Å². The number of nitrogens with zero attached hydrogens (tertiary/aromatic N) is 2. The summed E-state index contributed by atoms with van der Waals surface area (Å²) in [6.07, 6.45) is 1.62. The third-order valence-electron chi connectivity index (χ3n) is 3.41. The first-order valence-corrected chi connectivity index (χ1v) is 7.56. The lowest BCUT2D eigenvalue weighted by molar-refractivity contribution is 0.304. The summed E-state index contributed by atoms with van der Waals surface area (Å²) in [5, 5.41) is 19.1. The maximum Gasteiger partial charge on any atom is 0.166 e. The van der Waals surface area contributed by atoms with Crippen LogP contribution in [0.25, 0.3) is 0 Å². The van der Waals surface area contributed by atoms with Crippen molar-refractivity contribution < 1.29 is 14.9 Å². The molecular weight excluding hydrogens is 292 g/mol. The Balaban J connectivity index is 2.13. The highest BCUT2D eigenvalue weighted by molar-refractivity contribution is 5.86. The van der Waals surface area contributed by atoms with E-state index in [0.717, 1.165) is 11.4 Å². The third-order valence-corrected chi connectivity index (χ3v) is 3.41. The van der Waals surface area contributed by atoms with Crippen molar-refractivity contribution in [3.8, 4) is 11.5 Å². The van der Waals surface area contributed by atoms with E-state index in [9.17, 15) is 5.11 Å². The largest absolute Gasteiger partial charge is 0.504 e. The molecule has 2 rings (SSSR count). The van der Waals surface area contributed by atoms with E-state index in [-0.39, 0.29) is 12.4 Å².